The second-order valence-electron chi connectivity index (χ2n) is 3.04. The first-order valence-corrected chi connectivity index (χ1v) is 5.11. The van der Waals surface area contributed by atoms with Gasteiger partial charge in [0, 0.05) is 12.0 Å². The van der Waals surface area contributed by atoms with Gasteiger partial charge in [-0.05, 0) is 28.1 Å². The highest BCUT2D eigenvalue weighted by Crippen LogP contribution is 2.24. The molecule has 0 aromatic heterocycles. The summed E-state index contributed by atoms with van der Waals surface area (Å²) in [5.74, 6) is -3.89. The maximum Gasteiger partial charge on any atom is 0.303 e. The van der Waals surface area contributed by atoms with Crippen LogP contribution in [0.1, 0.15) is 23.2 Å². The first kappa shape index (κ1) is 12.8. The molecular formula is C10H7BrF2O3. The van der Waals surface area contributed by atoms with Crippen molar-refractivity contribution in [1.29, 1.82) is 0 Å². The molecule has 0 fully saturated rings. The van der Waals surface area contributed by atoms with Crippen LogP contribution in [0.5, 0.6) is 0 Å². The van der Waals surface area contributed by atoms with Crippen molar-refractivity contribution in [1.82, 2.24) is 0 Å². The van der Waals surface area contributed by atoms with Gasteiger partial charge in [0.1, 0.15) is 0 Å². The van der Waals surface area contributed by atoms with Crippen LogP contribution in [0.4, 0.5) is 8.78 Å². The Balaban J connectivity index is 2.92. The summed E-state index contributed by atoms with van der Waals surface area (Å²) < 4.78 is 25.5. The molecule has 16 heavy (non-hydrogen) atoms. The summed E-state index contributed by atoms with van der Waals surface area (Å²) in [6.07, 6.45) is -0.594. The SMILES string of the molecule is O=C(O)CCC(=O)c1ccc(F)c(F)c1Br. The molecule has 0 aliphatic heterocycles. The Hall–Kier alpha value is -1.30. The summed E-state index contributed by atoms with van der Waals surface area (Å²) in [6, 6.07) is 1.95. The van der Waals surface area contributed by atoms with Gasteiger partial charge < -0.3 is 5.11 Å². The molecule has 1 rings (SSSR count). The van der Waals surface area contributed by atoms with E-state index in [1.807, 2.05) is 0 Å². The van der Waals surface area contributed by atoms with Gasteiger partial charge in [0.2, 0.25) is 0 Å². The molecule has 1 N–H and O–H groups in total. The topological polar surface area (TPSA) is 54.4 Å². The number of carboxylic acids is 1. The van der Waals surface area contributed by atoms with Gasteiger partial charge in [-0.1, -0.05) is 0 Å². The Kier molecular flexibility index (Phi) is 4.12. The summed E-state index contributed by atoms with van der Waals surface area (Å²) in [5.41, 5.74) is -0.0554. The average Bonchev–Trinajstić information content (AvgIpc) is 2.23. The van der Waals surface area contributed by atoms with Gasteiger partial charge in [-0.3, -0.25) is 9.59 Å². The number of carbonyl (C=O) groups excluding carboxylic acids is 1. The summed E-state index contributed by atoms with van der Waals surface area (Å²) in [5, 5.41) is 8.38. The van der Waals surface area contributed by atoms with Crippen molar-refractivity contribution in [2.24, 2.45) is 0 Å². The molecule has 0 amide bonds. The molecule has 1 aromatic carbocycles. The molecule has 0 heterocycles. The molecule has 3 nitrogen and oxygen atoms in total. The predicted molar refractivity (Wildman–Crippen MR) is 55.3 cm³/mol. The van der Waals surface area contributed by atoms with Gasteiger partial charge in [0.05, 0.1) is 10.9 Å². The molecule has 0 spiro atoms. The Morgan fingerprint density at radius 1 is 1.25 bits per heavy atom. The fourth-order valence-corrected chi connectivity index (χ4v) is 1.64. The van der Waals surface area contributed by atoms with E-state index in [2.05, 4.69) is 15.9 Å². The van der Waals surface area contributed by atoms with Gasteiger partial charge >= 0.3 is 5.97 Å². The number of carbonyl (C=O) groups is 2. The first-order chi connectivity index (χ1) is 7.43. The van der Waals surface area contributed by atoms with Gasteiger partial charge in [-0.15, -0.1) is 0 Å². The van der Waals surface area contributed by atoms with Crippen LogP contribution in [0.3, 0.4) is 0 Å². The second kappa shape index (κ2) is 5.16. The van der Waals surface area contributed by atoms with Crippen molar-refractivity contribution >= 4 is 27.7 Å². The van der Waals surface area contributed by atoms with Crippen molar-refractivity contribution in [3.63, 3.8) is 0 Å². The van der Waals surface area contributed by atoms with Crippen molar-refractivity contribution < 1.29 is 23.5 Å². The lowest BCUT2D eigenvalue weighted by Gasteiger charge is -2.04. The zero-order chi connectivity index (χ0) is 12.3. The number of carboxylic acid groups (broad SMARTS) is 1. The Labute approximate surface area is 98.2 Å². The van der Waals surface area contributed by atoms with Crippen LogP contribution in [0.2, 0.25) is 0 Å². The lowest BCUT2D eigenvalue weighted by atomic mass is 10.1. The first-order valence-electron chi connectivity index (χ1n) is 4.32. The van der Waals surface area contributed by atoms with Crippen LogP contribution in [-0.4, -0.2) is 16.9 Å². The summed E-state index contributed by atoms with van der Waals surface area (Å²) >= 11 is 2.76. The average molecular weight is 293 g/mol. The molecule has 0 atom stereocenters. The fourth-order valence-electron chi connectivity index (χ4n) is 1.10. The van der Waals surface area contributed by atoms with Gasteiger partial charge in [-0.25, -0.2) is 8.78 Å². The summed E-state index contributed by atoms with van der Waals surface area (Å²) in [6.45, 7) is 0. The molecule has 6 heteroatoms. The zero-order valence-electron chi connectivity index (χ0n) is 7.97. The lowest BCUT2D eigenvalue weighted by Crippen LogP contribution is -2.06. The van der Waals surface area contributed by atoms with Gasteiger partial charge in [0.25, 0.3) is 0 Å². The number of aliphatic carboxylic acids is 1. The minimum Gasteiger partial charge on any atom is -0.481 e. The maximum atomic E-state index is 13.1. The molecular weight excluding hydrogens is 286 g/mol. The summed E-state index contributed by atoms with van der Waals surface area (Å²) in [7, 11) is 0. The predicted octanol–water partition coefficient (Wildman–Crippen LogP) is 2.77. The van der Waals surface area contributed by atoms with Crippen molar-refractivity contribution in [2.75, 3.05) is 0 Å². The highest BCUT2D eigenvalue weighted by molar-refractivity contribution is 9.10. The van der Waals surface area contributed by atoms with E-state index in [0.29, 0.717) is 0 Å². The Bertz CT molecular complexity index is 446. The van der Waals surface area contributed by atoms with E-state index < -0.39 is 23.4 Å². The molecule has 1 aromatic rings. The molecule has 0 radical (unpaired) electrons. The Morgan fingerprint density at radius 2 is 1.88 bits per heavy atom. The molecule has 0 aliphatic rings. The molecule has 0 aliphatic carbocycles. The van der Waals surface area contributed by atoms with Crippen LogP contribution in [0, 0.1) is 11.6 Å². The van der Waals surface area contributed by atoms with Crippen LogP contribution >= 0.6 is 15.9 Å². The monoisotopic (exact) mass is 292 g/mol. The molecule has 86 valence electrons. The van der Waals surface area contributed by atoms with E-state index in [4.69, 9.17) is 5.11 Å². The van der Waals surface area contributed by atoms with Crippen LogP contribution in [0.25, 0.3) is 0 Å². The van der Waals surface area contributed by atoms with Gasteiger partial charge in [-0.2, -0.15) is 0 Å². The minimum atomic E-state index is -1.15. The lowest BCUT2D eigenvalue weighted by molar-refractivity contribution is -0.136. The third-order valence-corrected chi connectivity index (χ3v) is 2.68. The number of benzene rings is 1. The molecule has 0 saturated carbocycles. The van der Waals surface area contributed by atoms with Crippen LogP contribution in [0.15, 0.2) is 16.6 Å². The summed E-state index contributed by atoms with van der Waals surface area (Å²) in [4.78, 5) is 21.7. The van der Waals surface area contributed by atoms with Crippen molar-refractivity contribution in [3.05, 3.63) is 33.8 Å². The number of hydrogen-bond donors (Lipinski definition) is 1. The van der Waals surface area contributed by atoms with E-state index in [0.717, 1.165) is 12.1 Å². The van der Waals surface area contributed by atoms with E-state index in [1.165, 1.54) is 0 Å². The van der Waals surface area contributed by atoms with Crippen molar-refractivity contribution in [2.45, 2.75) is 12.8 Å². The standard InChI is InChI=1S/C10H7BrF2O3/c11-9-5(1-2-6(12)10(9)13)7(14)3-4-8(15)16/h1-2H,3-4H2,(H,15,16). The Morgan fingerprint density at radius 3 is 2.44 bits per heavy atom. The smallest absolute Gasteiger partial charge is 0.303 e. The van der Waals surface area contributed by atoms with E-state index >= 15 is 0 Å². The van der Waals surface area contributed by atoms with Crippen LogP contribution < -0.4 is 0 Å². The molecule has 0 saturated heterocycles. The normalized spacial score (nSPS) is 10.2. The van der Waals surface area contributed by atoms with E-state index in [1.54, 1.807) is 0 Å². The zero-order valence-corrected chi connectivity index (χ0v) is 9.55. The number of rotatable bonds is 4. The molecule has 0 bridgehead atoms. The van der Waals surface area contributed by atoms with E-state index in [9.17, 15) is 18.4 Å². The third kappa shape index (κ3) is 2.85. The quantitative estimate of drug-likeness (QED) is 0.686. The second-order valence-corrected chi connectivity index (χ2v) is 3.83. The fraction of sp³-hybridized carbons (Fsp3) is 0.200. The number of ketones is 1. The highest BCUT2D eigenvalue weighted by Gasteiger charge is 2.17. The third-order valence-electron chi connectivity index (χ3n) is 1.90. The maximum absolute atomic E-state index is 13.1. The number of Topliss-reactive ketones (excluding diaryl/α,β-unsaturated/α-hetero) is 1. The minimum absolute atomic E-state index is 0.0554. The number of hydrogen-bond acceptors (Lipinski definition) is 2. The molecule has 0 unspecified atom stereocenters. The highest BCUT2D eigenvalue weighted by atomic mass is 79.9. The van der Waals surface area contributed by atoms with Crippen molar-refractivity contribution in [3.8, 4) is 0 Å². The largest absolute Gasteiger partial charge is 0.481 e. The van der Waals surface area contributed by atoms with Gasteiger partial charge in [0.15, 0.2) is 17.4 Å². The van der Waals surface area contributed by atoms with Crippen LogP contribution in [-0.2, 0) is 4.79 Å². The number of halogens is 3. The van der Waals surface area contributed by atoms with E-state index in [-0.39, 0.29) is 22.9 Å².